The smallest absolute Gasteiger partial charge is 0.411 e. The van der Waals surface area contributed by atoms with Crippen LogP contribution in [0.4, 0.5) is 13.6 Å². The van der Waals surface area contributed by atoms with Crippen LogP contribution in [0.1, 0.15) is 63.7 Å². The number of nitrogens with zero attached hydrogens (tertiary/aromatic N) is 2. The van der Waals surface area contributed by atoms with E-state index in [1.165, 1.54) is 35.5 Å². The number of likely N-dealkylation sites (tertiary alicyclic amines) is 1. The Bertz CT molecular complexity index is 1200. The van der Waals surface area contributed by atoms with Gasteiger partial charge < -0.3 is 18.9 Å². The Hall–Kier alpha value is -2.85. The number of hydrogen-bond acceptors (Lipinski definition) is 7. The van der Waals surface area contributed by atoms with Crippen LogP contribution in [0, 0.1) is 5.92 Å². The van der Waals surface area contributed by atoms with Crippen LogP contribution in [0.2, 0.25) is 10.0 Å². The molecule has 2 aliphatic rings. The Kier molecular flexibility index (Phi) is 9.61. The summed E-state index contributed by atoms with van der Waals surface area (Å²) in [5, 5.41) is 0.542. The van der Waals surface area contributed by atoms with Crippen molar-refractivity contribution >= 4 is 35.3 Å². The summed E-state index contributed by atoms with van der Waals surface area (Å²) in [5.74, 6) is -0.305. The van der Waals surface area contributed by atoms with E-state index in [2.05, 4.69) is 9.72 Å². The van der Waals surface area contributed by atoms with Gasteiger partial charge in [-0.05, 0) is 75.6 Å². The number of alkyl halides is 2. The molecule has 1 amide bonds. The van der Waals surface area contributed by atoms with E-state index in [0.29, 0.717) is 43.0 Å². The summed E-state index contributed by atoms with van der Waals surface area (Å²) < 4.78 is 48.1. The number of aromatic nitrogens is 1. The second-order valence-electron chi connectivity index (χ2n) is 10.9. The van der Waals surface area contributed by atoms with Gasteiger partial charge in [0.05, 0.1) is 16.7 Å². The fraction of sp³-hybridized carbons (Fsp3) is 0.536. The van der Waals surface area contributed by atoms with Gasteiger partial charge in [0.15, 0.2) is 11.5 Å². The predicted molar refractivity (Wildman–Crippen MR) is 144 cm³/mol. The molecule has 1 aromatic heterocycles. The van der Waals surface area contributed by atoms with Crippen molar-refractivity contribution < 1.29 is 37.3 Å². The largest absolute Gasteiger partial charge is 0.489 e. The number of halogens is 4. The number of carbonyl (C=O) groups excluding carboxylic acids is 2. The van der Waals surface area contributed by atoms with Crippen LogP contribution in [0.15, 0.2) is 30.6 Å². The number of ether oxygens (including phenoxy) is 4. The molecule has 2 fully saturated rings. The van der Waals surface area contributed by atoms with E-state index in [1.807, 2.05) is 0 Å². The van der Waals surface area contributed by atoms with Crippen molar-refractivity contribution in [2.45, 2.75) is 77.2 Å². The molecular formula is C28H32Cl2F2N2O6. The molecule has 1 saturated heterocycles. The molecule has 0 spiro atoms. The predicted octanol–water partition coefficient (Wildman–Crippen LogP) is 7.01. The van der Waals surface area contributed by atoms with E-state index in [4.69, 9.17) is 37.4 Å². The Morgan fingerprint density at radius 3 is 2.42 bits per heavy atom. The molecule has 4 rings (SSSR count). The molecule has 1 aliphatic heterocycles. The van der Waals surface area contributed by atoms with Crippen molar-refractivity contribution in [1.82, 2.24) is 9.88 Å². The number of carbonyl (C=O) groups is 2. The van der Waals surface area contributed by atoms with E-state index >= 15 is 0 Å². The molecule has 1 saturated carbocycles. The number of amides is 1. The lowest BCUT2D eigenvalue weighted by atomic mass is 10.0. The first kappa shape index (κ1) is 30.1. The Morgan fingerprint density at radius 1 is 1.10 bits per heavy atom. The molecule has 2 heterocycles. The molecule has 12 heteroatoms. The minimum atomic E-state index is -3.04. The van der Waals surface area contributed by atoms with Gasteiger partial charge in [-0.2, -0.15) is 8.78 Å². The molecule has 1 unspecified atom stereocenters. The maximum absolute atomic E-state index is 13.5. The van der Waals surface area contributed by atoms with Crippen molar-refractivity contribution in [2.24, 2.45) is 5.92 Å². The third kappa shape index (κ3) is 8.10. The fourth-order valence-corrected chi connectivity index (χ4v) is 4.86. The van der Waals surface area contributed by atoms with Crippen LogP contribution < -0.4 is 9.47 Å². The summed E-state index contributed by atoms with van der Waals surface area (Å²) in [4.78, 5) is 31.6. The summed E-state index contributed by atoms with van der Waals surface area (Å²) >= 11 is 12.7. The van der Waals surface area contributed by atoms with Crippen molar-refractivity contribution in [3.63, 3.8) is 0 Å². The van der Waals surface area contributed by atoms with Crippen LogP contribution in [-0.2, 0) is 20.7 Å². The van der Waals surface area contributed by atoms with Crippen molar-refractivity contribution in [3.8, 4) is 11.5 Å². The van der Waals surface area contributed by atoms with Gasteiger partial charge in [-0.15, -0.1) is 0 Å². The molecule has 0 radical (unpaired) electrons. The zero-order valence-electron chi connectivity index (χ0n) is 22.5. The van der Waals surface area contributed by atoms with Gasteiger partial charge in [-0.3, -0.25) is 9.88 Å². The first-order valence-corrected chi connectivity index (χ1v) is 13.9. The lowest BCUT2D eigenvalue weighted by Gasteiger charge is -2.29. The maximum Gasteiger partial charge on any atom is 0.411 e. The van der Waals surface area contributed by atoms with E-state index in [9.17, 15) is 18.4 Å². The Morgan fingerprint density at radius 2 is 1.80 bits per heavy atom. The first-order chi connectivity index (χ1) is 18.9. The van der Waals surface area contributed by atoms with E-state index in [0.717, 1.165) is 12.8 Å². The number of pyridine rings is 1. The summed E-state index contributed by atoms with van der Waals surface area (Å²) in [5.41, 5.74) is 0.205. The Labute approximate surface area is 241 Å². The first-order valence-electron chi connectivity index (χ1n) is 13.1. The van der Waals surface area contributed by atoms with E-state index < -0.39 is 36.4 Å². The van der Waals surface area contributed by atoms with Crippen LogP contribution >= 0.6 is 23.2 Å². The molecule has 2 aromatic rings. The molecule has 0 bridgehead atoms. The van der Waals surface area contributed by atoms with Crippen LogP contribution in [0.25, 0.3) is 0 Å². The third-order valence-corrected chi connectivity index (χ3v) is 7.13. The fourth-order valence-electron chi connectivity index (χ4n) is 4.34. The van der Waals surface area contributed by atoms with Crippen molar-refractivity contribution in [1.29, 1.82) is 0 Å². The highest BCUT2D eigenvalue weighted by molar-refractivity contribution is 6.35. The number of benzene rings is 1. The zero-order valence-corrected chi connectivity index (χ0v) is 24.0. The SMILES string of the molecule is CC(C)(C)OC(=O)N1CCC[C@H]1C(=O)OC(Cc1c(Cl)cncc1Cl)c1ccc(OC(F)F)c(OCC2CC2)c1. The van der Waals surface area contributed by atoms with Crippen LogP contribution in [0.3, 0.4) is 0 Å². The van der Waals surface area contributed by atoms with Crippen molar-refractivity contribution in [2.75, 3.05) is 13.2 Å². The van der Waals surface area contributed by atoms with Gasteiger partial charge in [0.2, 0.25) is 0 Å². The van der Waals surface area contributed by atoms with Gasteiger partial charge in [-0.1, -0.05) is 29.3 Å². The highest BCUT2D eigenvalue weighted by atomic mass is 35.5. The second kappa shape index (κ2) is 12.8. The summed E-state index contributed by atoms with van der Waals surface area (Å²) in [7, 11) is 0. The highest BCUT2D eigenvalue weighted by Crippen LogP contribution is 2.38. The number of rotatable bonds is 10. The molecule has 2 atom stereocenters. The van der Waals surface area contributed by atoms with Crippen LogP contribution in [0.5, 0.6) is 11.5 Å². The normalized spacial score (nSPS) is 18.0. The zero-order chi connectivity index (χ0) is 29.0. The topological polar surface area (TPSA) is 87.2 Å². The second-order valence-corrected chi connectivity index (χ2v) is 11.7. The minimum absolute atomic E-state index is 0.0577. The van der Waals surface area contributed by atoms with E-state index in [1.54, 1.807) is 20.8 Å². The summed E-state index contributed by atoms with van der Waals surface area (Å²) in [6.07, 6.45) is 4.35. The average molecular weight is 601 g/mol. The lowest BCUT2D eigenvalue weighted by Crippen LogP contribution is -2.44. The van der Waals surface area contributed by atoms with Gasteiger partial charge >= 0.3 is 18.7 Å². The van der Waals surface area contributed by atoms with Crippen molar-refractivity contribution in [3.05, 3.63) is 51.8 Å². The summed E-state index contributed by atoms with van der Waals surface area (Å²) in [6, 6.07) is 3.53. The molecule has 8 nitrogen and oxygen atoms in total. The Balaban J connectivity index is 1.63. The standard InChI is InChI=1S/C28H32Cl2F2N2O6/c1-28(2,3)40-27(36)34-10-4-5-21(34)25(35)38-23(12-18-19(29)13-33-14-20(18)30)17-8-9-22(39-26(31)32)24(11-17)37-15-16-6-7-16/h8-9,11,13-14,16,21,23,26H,4-7,10,12,15H2,1-3H3/t21-,23?/m0/s1. The number of hydrogen-bond donors (Lipinski definition) is 0. The van der Waals surface area contributed by atoms with Crippen LogP contribution in [-0.4, -0.2) is 53.4 Å². The molecule has 40 heavy (non-hydrogen) atoms. The van der Waals surface area contributed by atoms with Gasteiger partial charge in [-0.25, -0.2) is 9.59 Å². The molecule has 218 valence electrons. The van der Waals surface area contributed by atoms with E-state index in [-0.39, 0.29) is 28.0 Å². The minimum Gasteiger partial charge on any atom is -0.489 e. The van der Waals surface area contributed by atoms with Gasteiger partial charge in [0, 0.05) is 25.4 Å². The quantitative estimate of drug-likeness (QED) is 0.271. The maximum atomic E-state index is 13.5. The molecular weight excluding hydrogens is 569 g/mol. The lowest BCUT2D eigenvalue weighted by molar-refractivity contribution is -0.154. The summed E-state index contributed by atoms with van der Waals surface area (Å²) in [6.45, 7) is 2.89. The highest BCUT2D eigenvalue weighted by Gasteiger charge is 2.39. The average Bonchev–Trinajstić information content (AvgIpc) is 3.56. The number of esters is 1. The van der Waals surface area contributed by atoms with Gasteiger partial charge in [0.25, 0.3) is 0 Å². The monoisotopic (exact) mass is 600 g/mol. The van der Waals surface area contributed by atoms with Gasteiger partial charge in [0.1, 0.15) is 17.7 Å². The molecule has 0 N–H and O–H groups in total. The third-order valence-electron chi connectivity index (χ3n) is 6.48. The molecule has 1 aromatic carbocycles. The molecule has 1 aliphatic carbocycles.